The summed E-state index contributed by atoms with van der Waals surface area (Å²) in [6.45, 7) is 6.92. The Balaban J connectivity index is 1.44. The molecule has 4 aromatic rings. The lowest BCUT2D eigenvalue weighted by Gasteiger charge is -2.37. The van der Waals surface area contributed by atoms with Gasteiger partial charge in [-0.15, -0.1) is 5.48 Å². The number of aryl methyl sites for hydroxylation is 1. The summed E-state index contributed by atoms with van der Waals surface area (Å²) in [6, 6.07) is 12.3. The number of hydroxylamine groups is 1. The quantitative estimate of drug-likeness (QED) is 0.295. The Morgan fingerprint density at radius 3 is 2.67 bits per heavy atom. The van der Waals surface area contributed by atoms with Crippen LogP contribution in [-0.4, -0.2) is 50.4 Å². The summed E-state index contributed by atoms with van der Waals surface area (Å²) >= 11 is 6.49. The summed E-state index contributed by atoms with van der Waals surface area (Å²) in [5.41, 5.74) is 7.47. The number of pyridine rings is 1. The van der Waals surface area contributed by atoms with Crippen molar-refractivity contribution >= 4 is 34.8 Å². The molecule has 1 amide bonds. The van der Waals surface area contributed by atoms with Crippen LogP contribution in [0.2, 0.25) is 5.02 Å². The van der Waals surface area contributed by atoms with Crippen molar-refractivity contribution < 1.29 is 14.4 Å². The van der Waals surface area contributed by atoms with E-state index in [1.165, 1.54) is 18.4 Å². The second-order valence-electron chi connectivity index (χ2n) is 11.8. The SMILES string of the molecule is Cc1ncc(Cl)cc1-c1nc(C2NOC(=O)N2)nc2nc(N3CCOC[C@H]3c3ccccc3)n(CC3CCC(C)CC3)c12. The first-order chi connectivity index (χ1) is 20.9. The minimum Gasteiger partial charge on any atom is -0.377 e. The maximum atomic E-state index is 11.9. The fourth-order valence-electron chi connectivity index (χ4n) is 6.47. The molecule has 43 heavy (non-hydrogen) atoms. The molecule has 0 bridgehead atoms. The van der Waals surface area contributed by atoms with E-state index in [0.717, 1.165) is 48.0 Å². The van der Waals surface area contributed by atoms with Crippen molar-refractivity contribution in [3.05, 3.63) is 64.7 Å². The molecule has 1 unspecified atom stereocenters. The number of halogens is 1. The molecule has 7 rings (SSSR count). The minimum absolute atomic E-state index is 0.00784. The van der Waals surface area contributed by atoms with Crippen LogP contribution in [0.25, 0.3) is 22.4 Å². The van der Waals surface area contributed by atoms with Gasteiger partial charge in [-0.25, -0.2) is 14.8 Å². The van der Waals surface area contributed by atoms with Gasteiger partial charge in [0.2, 0.25) is 5.95 Å². The number of carbonyl (C=O) groups is 1. The number of rotatable bonds is 6. The van der Waals surface area contributed by atoms with Crippen molar-refractivity contribution in [2.24, 2.45) is 11.8 Å². The molecule has 3 fully saturated rings. The Hall–Kier alpha value is -3.80. The molecule has 11 nitrogen and oxygen atoms in total. The molecule has 5 heterocycles. The van der Waals surface area contributed by atoms with Gasteiger partial charge >= 0.3 is 6.09 Å². The zero-order valence-corrected chi connectivity index (χ0v) is 25.0. The van der Waals surface area contributed by atoms with E-state index in [2.05, 4.69) is 56.4 Å². The number of aromatic nitrogens is 5. The second-order valence-corrected chi connectivity index (χ2v) is 12.3. The van der Waals surface area contributed by atoms with Crippen LogP contribution in [-0.2, 0) is 16.1 Å². The highest BCUT2D eigenvalue weighted by atomic mass is 35.5. The van der Waals surface area contributed by atoms with E-state index >= 15 is 0 Å². The van der Waals surface area contributed by atoms with Gasteiger partial charge in [0.1, 0.15) is 11.2 Å². The van der Waals surface area contributed by atoms with E-state index in [9.17, 15) is 4.79 Å². The first-order valence-corrected chi connectivity index (χ1v) is 15.3. The highest BCUT2D eigenvalue weighted by molar-refractivity contribution is 6.30. The number of amides is 1. The molecule has 2 saturated heterocycles. The second kappa shape index (κ2) is 11.7. The highest BCUT2D eigenvalue weighted by Crippen LogP contribution is 2.39. The summed E-state index contributed by atoms with van der Waals surface area (Å²) in [7, 11) is 0. The van der Waals surface area contributed by atoms with Gasteiger partial charge in [0.05, 0.1) is 24.3 Å². The first kappa shape index (κ1) is 28.0. The van der Waals surface area contributed by atoms with Crippen molar-refractivity contribution in [2.45, 2.75) is 58.3 Å². The van der Waals surface area contributed by atoms with Crippen molar-refractivity contribution in [3.63, 3.8) is 0 Å². The van der Waals surface area contributed by atoms with Gasteiger partial charge in [0, 0.05) is 30.5 Å². The Labute approximate surface area is 254 Å². The number of carbonyl (C=O) groups excluding carboxylic acids is 1. The lowest BCUT2D eigenvalue weighted by Crippen LogP contribution is -2.41. The largest absolute Gasteiger partial charge is 0.427 e. The van der Waals surface area contributed by atoms with Crippen molar-refractivity contribution in [1.82, 2.24) is 35.3 Å². The number of benzene rings is 1. The van der Waals surface area contributed by atoms with Gasteiger partial charge in [0.15, 0.2) is 17.6 Å². The third-order valence-corrected chi connectivity index (χ3v) is 9.05. The summed E-state index contributed by atoms with van der Waals surface area (Å²) in [5, 5.41) is 3.23. The summed E-state index contributed by atoms with van der Waals surface area (Å²) < 4.78 is 8.30. The number of morpholine rings is 1. The van der Waals surface area contributed by atoms with Gasteiger partial charge in [-0.1, -0.05) is 61.7 Å². The number of hydrogen-bond acceptors (Lipinski definition) is 9. The lowest BCUT2D eigenvalue weighted by molar-refractivity contribution is 0.0927. The van der Waals surface area contributed by atoms with E-state index in [0.29, 0.717) is 47.9 Å². The average molecular weight is 603 g/mol. The lowest BCUT2D eigenvalue weighted by atomic mass is 9.83. The van der Waals surface area contributed by atoms with Gasteiger partial charge < -0.3 is 19.0 Å². The van der Waals surface area contributed by atoms with Crippen molar-refractivity contribution in [3.8, 4) is 11.3 Å². The molecule has 1 aromatic carbocycles. The molecule has 12 heteroatoms. The number of imidazole rings is 1. The number of fused-ring (bicyclic) bond motifs is 1. The van der Waals surface area contributed by atoms with Crippen LogP contribution < -0.4 is 15.7 Å². The maximum Gasteiger partial charge on any atom is 0.427 e. The molecule has 1 saturated carbocycles. The van der Waals surface area contributed by atoms with Crippen LogP contribution in [0.3, 0.4) is 0 Å². The van der Waals surface area contributed by atoms with Gasteiger partial charge in [-0.05, 0) is 43.2 Å². The zero-order valence-electron chi connectivity index (χ0n) is 24.3. The van der Waals surface area contributed by atoms with Gasteiger partial charge in [0.25, 0.3) is 0 Å². The molecular weight excluding hydrogens is 568 g/mol. The number of nitrogens with zero attached hydrogens (tertiary/aromatic N) is 6. The van der Waals surface area contributed by atoms with E-state index in [4.69, 9.17) is 36.1 Å². The van der Waals surface area contributed by atoms with Gasteiger partial charge in [-0.3, -0.25) is 10.3 Å². The fraction of sp³-hybridized carbons (Fsp3) is 0.452. The Morgan fingerprint density at radius 2 is 1.91 bits per heavy atom. The van der Waals surface area contributed by atoms with E-state index in [1.807, 2.05) is 19.1 Å². The average Bonchev–Trinajstić information content (AvgIpc) is 3.63. The minimum atomic E-state index is -0.725. The molecule has 1 aliphatic carbocycles. The third kappa shape index (κ3) is 5.52. The van der Waals surface area contributed by atoms with E-state index < -0.39 is 12.3 Å². The molecule has 2 N–H and O–H groups in total. The normalized spacial score (nSPS) is 24.3. The topological polar surface area (TPSA) is 119 Å². The molecule has 3 aromatic heterocycles. The Bertz CT molecular complexity index is 1640. The van der Waals surface area contributed by atoms with Crippen molar-refractivity contribution in [1.29, 1.82) is 0 Å². The van der Waals surface area contributed by atoms with Crippen molar-refractivity contribution in [2.75, 3.05) is 24.7 Å². The predicted octanol–water partition coefficient (Wildman–Crippen LogP) is 5.50. The van der Waals surface area contributed by atoms with Crippen LogP contribution in [0, 0.1) is 18.8 Å². The first-order valence-electron chi connectivity index (χ1n) is 15.0. The third-order valence-electron chi connectivity index (χ3n) is 8.84. The molecule has 3 aliphatic rings. The van der Waals surface area contributed by atoms with Crippen LogP contribution in [0.4, 0.5) is 10.7 Å². The Morgan fingerprint density at radius 1 is 1.09 bits per heavy atom. The van der Waals surface area contributed by atoms with E-state index in [1.54, 1.807) is 6.20 Å². The number of hydrogen-bond donors (Lipinski definition) is 2. The summed E-state index contributed by atoms with van der Waals surface area (Å²) in [5.74, 6) is 2.43. The number of anilines is 1. The maximum absolute atomic E-state index is 11.9. The van der Waals surface area contributed by atoms with E-state index in [-0.39, 0.29) is 6.04 Å². The summed E-state index contributed by atoms with van der Waals surface area (Å²) in [4.78, 5) is 38.9. The fourth-order valence-corrected chi connectivity index (χ4v) is 6.63. The highest BCUT2D eigenvalue weighted by Gasteiger charge is 2.34. The number of ether oxygens (including phenoxy) is 1. The molecular formula is C31H35ClN8O3. The van der Waals surface area contributed by atoms with Crippen LogP contribution in [0.1, 0.15) is 61.9 Å². The smallest absolute Gasteiger partial charge is 0.377 e. The van der Waals surface area contributed by atoms with Gasteiger partial charge in [-0.2, -0.15) is 4.98 Å². The molecule has 2 aliphatic heterocycles. The van der Waals surface area contributed by atoms with Crippen LogP contribution in [0.15, 0.2) is 42.6 Å². The monoisotopic (exact) mass is 602 g/mol. The van der Waals surface area contributed by atoms with Crippen LogP contribution >= 0.6 is 11.6 Å². The molecule has 2 atom stereocenters. The zero-order chi connectivity index (χ0) is 29.5. The van der Waals surface area contributed by atoms with Crippen LogP contribution in [0.5, 0.6) is 0 Å². The molecule has 0 spiro atoms. The number of nitrogens with one attached hydrogen (secondary N) is 2. The molecule has 0 radical (unpaired) electrons. The molecule has 224 valence electrons. The standard InChI is InChI=1S/C31H35ClN8O3/c1-18-8-10-20(11-9-18)16-40-26-25(23-14-22(32)15-33-19(23)2)34-28(29-37-31(41)43-38-29)35-27(26)36-30(40)39-12-13-42-17-24(39)21-6-4-3-5-7-21/h3-7,14-15,18,20,24,29,38H,8-13,16-17H2,1-2H3,(H,37,41)/t18?,20?,24-,29?/m0/s1. The Kier molecular flexibility index (Phi) is 7.62. The predicted molar refractivity (Wildman–Crippen MR) is 162 cm³/mol. The summed E-state index contributed by atoms with van der Waals surface area (Å²) in [6.07, 6.45) is 5.07.